The predicted octanol–water partition coefficient (Wildman–Crippen LogP) is -0.807. The van der Waals surface area contributed by atoms with Crippen LogP contribution in [-0.2, 0) is 6.54 Å². The lowest BCUT2D eigenvalue weighted by molar-refractivity contribution is -0.873. The fraction of sp³-hybridized carbons (Fsp3) is 0.368. The Morgan fingerprint density at radius 3 is 2.69 bits per heavy atom. The number of benzene rings is 1. The molecule has 0 spiro atoms. The maximum absolute atomic E-state index is 12.7. The van der Waals surface area contributed by atoms with Crippen molar-refractivity contribution < 1.29 is 19.4 Å². The molecule has 13 heteroatoms. The van der Waals surface area contributed by atoms with Crippen LogP contribution in [0.3, 0.4) is 0 Å². The number of nitrogens with zero attached hydrogens (tertiary/aromatic N) is 7. The number of hydrogen-bond donors (Lipinski definition) is 4. The number of aromatic nitrogens is 5. The fourth-order valence-electron chi connectivity index (χ4n) is 3.12. The minimum atomic E-state index is -0.571. The van der Waals surface area contributed by atoms with Gasteiger partial charge in [-0.05, 0) is 36.3 Å². The summed E-state index contributed by atoms with van der Waals surface area (Å²) >= 11 is 0. The molecule has 0 unspecified atom stereocenters. The molecule has 0 aliphatic heterocycles. The van der Waals surface area contributed by atoms with E-state index in [-0.39, 0.29) is 23.1 Å². The van der Waals surface area contributed by atoms with Gasteiger partial charge in [0, 0.05) is 30.4 Å². The number of hydrogen-bond acceptors (Lipinski definition) is 10. The van der Waals surface area contributed by atoms with E-state index in [0.717, 1.165) is 23.7 Å². The smallest absolute Gasteiger partial charge is 0.294 e. The first-order valence-electron chi connectivity index (χ1n) is 10.1. The predicted molar refractivity (Wildman–Crippen MR) is 117 cm³/mol. The Morgan fingerprint density at radius 1 is 1.34 bits per heavy atom. The minimum Gasteiger partial charge on any atom is -0.507 e. The first-order chi connectivity index (χ1) is 15.3. The summed E-state index contributed by atoms with van der Waals surface area (Å²) in [6, 6.07) is 5.28. The Morgan fingerprint density at radius 2 is 2.09 bits per heavy atom. The van der Waals surface area contributed by atoms with Crippen LogP contribution in [0.15, 0.2) is 27.9 Å². The van der Waals surface area contributed by atoms with Crippen LogP contribution < -0.4 is 21.0 Å². The number of nitrogen functional groups attached to an aromatic ring is 1. The molecular weight excluding hydrogens is 416 g/mol. The Balaban J connectivity index is 1.78. The number of quaternary nitrogens is 1. The Labute approximate surface area is 184 Å². The molecule has 5 N–H and O–H groups in total. The number of amides is 1. The number of phenolic OH excluding ortho intramolecular Hbond substituents is 1. The van der Waals surface area contributed by atoms with Crippen LogP contribution in [0.25, 0.3) is 5.82 Å². The van der Waals surface area contributed by atoms with Gasteiger partial charge in [0.15, 0.2) is 5.69 Å². The number of nitrogens with one attached hydrogen (secondary N) is 2. The summed E-state index contributed by atoms with van der Waals surface area (Å²) in [6.45, 7) is 6.14. The maximum atomic E-state index is 12.7. The van der Waals surface area contributed by atoms with E-state index >= 15 is 0 Å². The van der Waals surface area contributed by atoms with Crippen molar-refractivity contribution in [3.8, 4) is 11.6 Å². The highest BCUT2D eigenvalue weighted by Crippen LogP contribution is 2.23. The number of anilines is 2. The average Bonchev–Trinajstić information content (AvgIpc) is 3.35. The Kier molecular flexibility index (Phi) is 7.00. The van der Waals surface area contributed by atoms with E-state index in [4.69, 9.17) is 5.73 Å². The molecule has 3 rings (SSSR count). The van der Waals surface area contributed by atoms with E-state index in [1.54, 1.807) is 12.1 Å². The zero-order chi connectivity index (χ0) is 23.3. The van der Waals surface area contributed by atoms with Gasteiger partial charge in [-0.2, -0.15) is 9.78 Å². The molecule has 0 aliphatic carbocycles. The molecule has 2 aromatic heterocycles. The first kappa shape index (κ1) is 22.7. The summed E-state index contributed by atoms with van der Waals surface area (Å²) in [5.41, 5.74) is 10.1. The van der Waals surface area contributed by atoms with Gasteiger partial charge in [-0.15, -0.1) is 5.10 Å². The Bertz CT molecular complexity index is 1100. The number of rotatable bonds is 9. The molecule has 1 aromatic carbocycles. The van der Waals surface area contributed by atoms with Crippen molar-refractivity contribution >= 4 is 23.6 Å². The van der Waals surface area contributed by atoms with Gasteiger partial charge in [0.2, 0.25) is 11.6 Å². The zero-order valence-corrected chi connectivity index (χ0v) is 18.4. The fourth-order valence-corrected chi connectivity index (χ4v) is 3.12. The van der Waals surface area contributed by atoms with Crippen molar-refractivity contribution in [3.63, 3.8) is 0 Å². The molecule has 0 fully saturated rings. The lowest BCUT2D eigenvalue weighted by atomic mass is 10.2. The summed E-state index contributed by atoms with van der Waals surface area (Å²) in [6.07, 6.45) is 1.36. The number of nitrogens with two attached hydrogens (primary N) is 1. The summed E-state index contributed by atoms with van der Waals surface area (Å²) < 4.78 is 5.94. The number of aromatic hydroxyl groups is 1. The van der Waals surface area contributed by atoms with Gasteiger partial charge in [0.25, 0.3) is 5.91 Å². The second-order valence-electron chi connectivity index (χ2n) is 7.27. The molecule has 1 amide bonds. The topological polar surface area (TPSA) is 165 Å². The highest BCUT2D eigenvalue weighted by Gasteiger charge is 2.25. The zero-order valence-electron chi connectivity index (χ0n) is 18.4. The van der Waals surface area contributed by atoms with Gasteiger partial charge in [-0.3, -0.25) is 4.79 Å². The minimum absolute atomic E-state index is 0.0264. The van der Waals surface area contributed by atoms with Crippen LogP contribution >= 0.6 is 0 Å². The SMILES string of the molecule is CCN(CC)c1ccc(/C=N/NC(=O)c2nnn(-c3nonc3N)c2C[NH+](C)C)c(O)c1. The monoisotopic (exact) mass is 443 g/mol. The van der Waals surface area contributed by atoms with Gasteiger partial charge < -0.3 is 20.6 Å². The van der Waals surface area contributed by atoms with E-state index in [9.17, 15) is 9.90 Å². The number of carbonyl (C=O) groups is 1. The van der Waals surface area contributed by atoms with Gasteiger partial charge in [-0.25, -0.2) is 10.1 Å². The molecule has 0 radical (unpaired) electrons. The summed E-state index contributed by atoms with van der Waals surface area (Å²) in [5, 5.41) is 29.4. The highest BCUT2D eigenvalue weighted by molar-refractivity contribution is 5.94. The number of hydrazone groups is 1. The second-order valence-corrected chi connectivity index (χ2v) is 7.27. The van der Waals surface area contributed by atoms with E-state index < -0.39 is 5.91 Å². The second kappa shape index (κ2) is 9.87. The number of carbonyl (C=O) groups excluding carboxylic acids is 1. The van der Waals surface area contributed by atoms with Gasteiger partial charge in [0.1, 0.15) is 18.0 Å². The van der Waals surface area contributed by atoms with Crippen LogP contribution in [-0.4, -0.2) is 69.7 Å². The Hall–Kier alpha value is -4.00. The van der Waals surface area contributed by atoms with Crippen molar-refractivity contribution in [1.82, 2.24) is 30.7 Å². The maximum Gasteiger partial charge on any atom is 0.294 e. The normalized spacial score (nSPS) is 11.4. The van der Waals surface area contributed by atoms with Crippen molar-refractivity contribution in [2.75, 3.05) is 37.8 Å². The van der Waals surface area contributed by atoms with Crippen LogP contribution in [0.4, 0.5) is 11.5 Å². The summed E-state index contributed by atoms with van der Waals surface area (Å²) in [4.78, 5) is 15.8. The lowest BCUT2D eigenvalue weighted by Crippen LogP contribution is -3.04. The average molecular weight is 443 g/mol. The van der Waals surface area contributed by atoms with Gasteiger partial charge in [-0.1, -0.05) is 5.21 Å². The molecular formula is C19H27N10O3+. The largest absolute Gasteiger partial charge is 0.507 e. The van der Waals surface area contributed by atoms with E-state index in [1.807, 2.05) is 34.0 Å². The molecule has 13 nitrogen and oxygen atoms in total. The van der Waals surface area contributed by atoms with E-state index in [2.05, 4.69) is 40.7 Å². The first-order valence-corrected chi connectivity index (χ1v) is 10.1. The molecule has 0 aliphatic rings. The van der Waals surface area contributed by atoms with Crippen LogP contribution in [0.2, 0.25) is 0 Å². The molecule has 3 aromatic rings. The van der Waals surface area contributed by atoms with Crippen LogP contribution in [0, 0.1) is 0 Å². The van der Waals surface area contributed by atoms with Crippen molar-refractivity contribution in [1.29, 1.82) is 0 Å². The molecule has 0 atom stereocenters. The summed E-state index contributed by atoms with van der Waals surface area (Å²) in [5.74, 6) is -0.338. The standard InChI is InChI=1S/C19H26N10O3/c1-5-28(6-2)13-8-7-12(15(30)9-13)10-21-23-19(31)16-14(11-27(3)4)29(26-22-16)18-17(20)24-32-25-18/h7-10,30H,5-6,11H2,1-4H3,(H2,20,24)(H,23,31)/p+1/b21-10+. The number of phenols is 1. The molecule has 0 saturated carbocycles. The third-order valence-electron chi connectivity index (χ3n) is 4.71. The third kappa shape index (κ3) is 4.83. The van der Waals surface area contributed by atoms with Crippen molar-refractivity contribution in [2.45, 2.75) is 20.4 Å². The van der Waals surface area contributed by atoms with Gasteiger partial charge in [0.05, 0.1) is 20.3 Å². The van der Waals surface area contributed by atoms with Crippen LogP contribution in [0.5, 0.6) is 5.75 Å². The molecule has 0 saturated heterocycles. The highest BCUT2D eigenvalue weighted by atomic mass is 16.6. The third-order valence-corrected chi connectivity index (χ3v) is 4.71. The van der Waals surface area contributed by atoms with Crippen molar-refractivity contribution in [2.24, 2.45) is 5.10 Å². The molecule has 0 bridgehead atoms. The summed E-state index contributed by atoms with van der Waals surface area (Å²) in [7, 11) is 3.82. The lowest BCUT2D eigenvalue weighted by Gasteiger charge is -2.21. The molecule has 32 heavy (non-hydrogen) atoms. The van der Waals surface area contributed by atoms with E-state index in [0.29, 0.717) is 17.8 Å². The molecule has 2 heterocycles. The van der Waals surface area contributed by atoms with Crippen molar-refractivity contribution in [3.05, 3.63) is 35.2 Å². The van der Waals surface area contributed by atoms with Gasteiger partial charge >= 0.3 is 0 Å². The quantitative estimate of drug-likeness (QED) is 0.244. The molecule has 170 valence electrons. The van der Waals surface area contributed by atoms with Crippen LogP contribution in [0.1, 0.15) is 35.6 Å². The van der Waals surface area contributed by atoms with E-state index in [1.165, 1.54) is 10.9 Å².